The minimum absolute atomic E-state index is 0.154. The number of nitrogens with zero attached hydrogens (tertiary/aromatic N) is 2. The number of carbonyl (C=O) groups excluding carboxylic acids is 1. The highest BCUT2D eigenvalue weighted by Gasteiger charge is 2.19. The second-order valence-electron chi connectivity index (χ2n) is 7.19. The maximum Gasteiger partial charge on any atom is 0.257 e. The number of hydrogen-bond donors (Lipinski definition) is 2. The lowest BCUT2D eigenvalue weighted by molar-refractivity contribution is -0.116. The molecule has 9 nitrogen and oxygen atoms in total. The van der Waals surface area contributed by atoms with E-state index >= 15 is 0 Å². The number of anilines is 1. The van der Waals surface area contributed by atoms with Gasteiger partial charge in [-0.1, -0.05) is 30.3 Å². The van der Waals surface area contributed by atoms with Crippen LogP contribution in [0, 0.1) is 6.92 Å². The molecular weight excluding hydrogens is 426 g/mol. The number of aryl methyl sites for hydroxylation is 1. The van der Waals surface area contributed by atoms with Gasteiger partial charge in [0.1, 0.15) is 12.4 Å². The number of aliphatic hydroxyl groups is 1. The smallest absolute Gasteiger partial charge is 0.257 e. The van der Waals surface area contributed by atoms with Crippen LogP contribution < -0.4 is 25.1 Å². The first kappa shape index (κ1) is 23.8. The van der Waals surface area contributed by atoms with Crippen molar-refractivity contribution in [2.24, 2.45) is 0 Å². The molecule has 0 saturated heterocycles. The molecule has 9 heteroatoms. The van der Waals surface area contributed by atoms with Gasteiger partial charge < -0.3 is 24.6 Å². The number of aliphatic hydroxyl groups excluding tert-OH is 1. The third-order valence-electron chi connectivity index (χ3n) is 5.11. The summed E-state index contributed by atoms with van der Waals surface area (Å²) in [6.45, 7) is 1.25. The maximum atomic E-state index is 13.2. The van der Waals surface area contributed by atoms with Gasteiger partial charge in [0.05, 0.1) is 21.3 Å². The topological polar surface area (TPSA) is 112 Å². The molecule has 0 aliphatic carbocycles. The van der Waals surface area contributed by atoms with Crippen molar-refractivity contribution in [1.29, 1.82) is 0 Å². The summed E-state index contributed by atoms with van der Waals surface area (Å²) in [4.78, 5) is 30.8. The highest BCUT2D eigenvalue weighted by Crippen LogP contribution is 2.39. The minimum Gasteiger partial charge on any atom is -0.493 e. The van der Waals surface area contributed by atoms with E-state index < -0.39 is 5.91 Å². The molecule has 33 heavy (non-hydrogen) atoms. The monoisotopic (exact) mass is 453 g/mol. The van der Waals surface area contributed by atoms with Crippen molar-refractivity contribution in [2.75, 3.05) is 33.3 Å². The van der Waals surface area contributed by atoms with Gasteiger partial charge in [-0.25, -0.2) is 4.98 Å². The Bertz CT molecular complexity index is 1170. The molecule has 0 bridgehead atoms. The van der Waals surface area contributed by atoms with E-state index in [1.807, 2.05) is 30.3 Å². The van der Waals surface area contributed by atoms with Crippen LogP contribution in [0.4, 0.5) is 5.69 Å². The summed E-state index contributed by atoms with van der Waals surface area (Å²) in [5, 5.41) is 12.1. The molecule has 0 radical (unpaired) electrons. The van der Waals surface area contributed by atoms with Crippen LogP contribution in [0.25, 0.3) is 11.4 Å². The number of aromatic nitrogens is 2. The zero-order valence-electron chi connectivity index (χ0n) is 19.0. The van der Waals surface area contributed by atoms with E-state index in [2.05, 4.69) is 10.3 Å². The van der Waals surface area contributed by atoms with E-state index in [0.29, 0.717) is 45.6 Å². The fraction of sp³-hybridized carbons (Fsp3) is 0.292. The summed E-state index contributed by atoms with van der Waals surface area (Å²) in [7, 11) is 4.45. The fourth-order valence-electron chi connectivity index (χ4n) is 3.55. The van der Waals surface area contributed by atoms with Crippen molar-refractivity contribution in [3.05, 3.63) is 64.1 Å². The van der Waals surface area contributed by atoms with Gasteiger partial charge in [0, 0.05) is 47.7 Å². The second-order valence-corrected chi connectivity index (χ2v) is 7.19. The van der Waals surface area contributed by atoms with Gasteiger partial charge in [-0.15, -0.1) is 0 Å². The second kappa shape index (κ2) is 10.6. The molecule has 0 aliphatic rings. The van der Waals surface area contributed by atoms with Crippen LogP contribution in [0.3, 0.4) is 0 Å². The lowest BCUT2D eigenvalue weighted by Gasteiger charge is -2.17. The number of carbonyl (C=O) groups is 1. The van der Waals surface area contributed by atoms with Crippen LogP contribution >= 0.6 is 0 Å². The molecule has 0 saturated carbocycles. The third kappa shape index (κ3) is 5.15. The Morgan fingerprint density at radius 2 is 1.70 bits per heavy atom. The largest absolute Gasteiger partial charge is 0.493 e. The molecule has 2 N–H and O–H groups in total. The fourth-order valence-corrected chi connectivity index (χ4v) is 3.55. The van der Waals surface area contributed by atoms with Crippen LogP contribution in [0.15, 0.2) is 47.3 Å². The first-order valence-corrected chi connectivity index (χ1v) is 10.3. The normalized spacial score (nSPS) is 10.6. The van der Waals surface area contributed by atoms with Gasteiger partial charge in [0.2, 0.25) is 11.7 Å². The summed E-state index contributed by atoms with van der Waals surface area (Å²) in [5.41, 5.74) is 1.65. The molecule has 174 valence electrons. The van der Waals surface area contributed by atoms with Crippen molar-refractivity contribution < 1.29 is 24.1 Å². The number of hydrogen-bond acceptors (Lipinski definition) is 7. The van der Waals surface area contributed by atoms with Gasteiger partial charge in [-0.2, -0.15) is 0 Å². The third-order valence-corrected chi connectivity index (χ3v) is 5.11. The summed E-state index contributed by atoms with van der Waals surface area (Å²) >= 11 is 0. The van der Waals surface area contributed by atoms with Crippen LogP contribution in [0.2, 0.25) is 0 Å². The number of ether oxygens (including phenoxy) is 3. The van der Waals surface area contributed by atoms with E-state index in [-0.39, 0.29) is 25.1 Å². The number of rotatable bonds is 9. The van der Waals surface area contributed by atoms with E-state index in [0.717, 1.165) is 0 Å². The Balaban J connectivity index is 2.00. The predicted octanol–water partition coefficient (Wildman–Crippen LogP) is 2.42. The van der Waals surface area contributed by atoms with Crippen molar-refractivity contribution in [3.63, 3.8) is 0 Å². The molecule has 1 aromatic heterocycles. The minimum atomic E-state index is -0.441. The quantitative estimate of drug-likeness (QED) is 0.512. The average molecular weight is 453 g/mol. The number of nitrogens with one attached hydrogen (secondary N) is 1. The molecule has 3 aromatic rings. The summed E-state index contributed by atoms with van der Waals surface area (Å²) in [6.07, 6.45) is 0.154. The molecular formula is C24H27N3O6. The van der Waals surface area contributed by atoms with Gasteiger partial charge in [0.15, 0.2) is 11.5 Å². The first-order chi connectivity index (χ1) is 15.9. The van der Waals surface area contributed by atoms with Gasteiger partial charge in [0.25, 0.3) is 5.56 Å². The summed E-state index contributed by atoms with van der Waals surface area (Å²) in [6, 6.07) is 12.4. The van der Waals surface area contributed by atoms with Crippen LogP contribution in [0.5, 0.6) is 17.2 Å². The standard InChI is InChI=1S/C24H27N3O6/c1-15-18(10-11-28)24(30)27(23(25-15)16-8-6-5-7-9-16)14-21(29)26-17-12-19(31-2)22(33-4)20(13-17)32-3/h5-9,12-13,28H,10-11,14H2,1-4H3,(H,26,29). The molecule has 0 aliphatic heterocycles. The molecule has 1 amide bonds. The van der Waals surface area contributed by atoms with Crippen LogP contribution in [-0.2, 0) is 17.8 Å². The van der Waals surface area contributed by atoms with Crippen LogP contribution in [0.1, 0.15) is 11.3 Å². The van der Waals surface area contributed by atoms with E-state index in [1.165, 1.54) is 25.9 Å². The Labute approximate surface area is 191 Å². The lowest BCUT2D eigenvalue weighted by Crippen LogP contribution is -2.33. The van der Waals surface area contributed by atoms with Gasteiger partial charge in [-0.3, -0.25) is 14.2 Å². The molecule has 2 aromatic carbocycles. The Morgan fingerprint density at radius 1 is 1.06 bits per heavy atom. The van der Waals surface area contributed by atoms with E-state index in [1.54, 1.807) is 19.1 Å². The predicted molar refractivity (Wildman–Crippen MR) is 124 cm³/mol. The van der Waals surface area contributed by atoms with E-state index in [9.17, 15) is 14.7 Å². The van der Waals surface area contributed by atoms with Crippen molar-refractivity contribution in [3.8, 4) is 28.6 Å². The molecule has 3 rings (SSSR count). The zero-order chi connectivity index (χ0) is 24.0. The maximum absolute atomic E-state index is 13.2. The van der Waals surface area contributed by atoms with E-state index in [4.69, 9.17) is 14.2 Å². The van der Waals surface area contributed by atoms with Crippen molar-refractivity contribution in [2.45, 2.75) is 19.9 Å². The Morgan fingerprint density at radius 3 is 2.24 bits per heavy atom. The Kier molecular flexibility index (Phi) is 7.68. The van der Waals surface area contributed by atoms with Gasteiger partial charge >= 0.3 is 0 Å². The van der Waals surface area contributed by atoms with Gasteiger partial charge in [-0.05, 0) is 6.92 Å². The highest BCUT2D eigenvalue weighted by atomic mass is 16.5. The van der Waals surface area contributed by atoms with Crippen molar-refractivity contribution >= 4 is 11.6 Å². The average Bonchev–Trinajstić information content (AvgIpc) is 2.83. The molecule has 0 unspecified atom stereocenters. The zero-order valence-corrected chi connectivity index (χ0v) is 19.0. The summed E-state index contributed by atoms with van der Waals surface area (Å²) in [5.74, 6) is 1.11. The number of methoxy groups -OCH3 is 3. The molecule has 0 atom stereocenters. The molecule has 0 fully saturated rings. The molecule has 1 heterocycles. The summed E-state index contributed by atoms with van der Waals surface area (Å²) < 4.78 is 17.3. The van der Waals surface area contributed by atoms with Crippen molar-refractivity contribution in [1.82, 2.24) is 9.55 Å². The molecule has 0 spiro atoms. The number of amides is 1. The Hall–Kier alpha value is -3.85. The number of benzene rings is 2. The lowest BCUT2D eigenvalue weighted by atomic mass is 10.1. The highest BCUT2D eigenvalue weighted by molar-refractivity contribution is 5.91. The van der Waals surface area contributed by atoms with Crippen LogP contribution in [-0.4, -0.2) is 48.5 Å². The SMILES string of the molecule is COc1cc(NC(=O)Cn2c(-c3ccccc3)nc(C)c(CCO)c2=O)cc(OC)c1OC. The first-order valence-electron chi connectivity index (χ1n) is 10.3.